The minimum Gasteiger partial charge on any atom is -0.481 e. The third-order valence-corrected chi connectivity index (χ3v) is 1.81. The van der Waals surface area contributed by atoms with Gasteiger partial charge in [-0.2, -0.15) is 0 Å². The van der Waals surface area contributed by atoms with Crippen molar-refractivity contribution in [1.29, 1.82) is 0 Å². The fourth-order valence-corrected chi connectivity index (χ4v) is 1.06. The SMILES string of the molecule is Cc1cccc(O[C@H](C)C(=O)NN)c1. The number of amides is 1. The zero-order valence-electron chi connectivity index (χ0n) is 8.28. The van der Waals surface area contributed by atoms with Gasteiger partial charge in [-0.05, 0) is 31.5 Å². The molecule has 1 aromatic rings. The molecule has 1 aromatic carbocycles. The maximum atomic E-state index is 11.0. The molecule has 1 rings (SSSR count). The summed E-state index contributed by atoms with van der Waals surface area (Å²) in [4.78, 5) is 11.0. The van der Waals surface area contributed by atoms with Gasteiger partial charge in [0.15, 0.2) is 6.10 Å². The fraction of sp³-hybridized carbons (Fsp3) is 0.300. The van der Waals surface area contributed by atoms with E-state index in [1.807, 2.05) is 30.5 Å². The Balaban J connectivity index is 2.64. The van der Waals surface area contributed by atoms with Crippen molar-refractivity contribution in [3.05, 3.63) is 29.8 Å². The topological polar surface area (TPSA) is 64.3 Å². The molecule has 0 bridgehead atoms. The second kappa shape index (κ2) is 4.62. The lowest BCUT2D eigenvalue weighted by molar-refractivity contribution is -0.127. The highest BCUT2D eigenvalue weighted by Crippen LogP contribution is 2.13. The van der Waals surface area contributed by atoms with Gasteiger partial charge in [0, 0.05) is 0 Å². The number of benzene rings is 1. The minimum absolute atomic E-state index is 0.341. The molecule has 0 saturated heterocycles. The maximum Gasteiger partial charge on any atom is 0.274 e. The van der Waals surface area contributed by atoms with E-state index in [0.717, 1.165) is 5.56 Å². The number of carbonyl (C=O) groups excluding carboxylic acids is 1. The van der Waals surface area contributed by atoms with Gasteiger partial charge in [0.1, 0.15) is 5.75 Å². The summed E-state index contributed by atoms with van der Waals surface area (Å²) in [5.74, 6) is 5.30. The van der Waals surface area contributed by atoms with Gasteiger partial charge in [-0.3, -0.25) is 10.2 Å². The first kappa shape index (κ1) is 10.5. The fourth-order valence-electron chi connectivity index (χ4n) is 1.06. The Morgan fingerprint density at radius 1 is 1.57 bits per heavy atom. The van der Waals surface area contributed by atoms with Crippen LogP contribution in [-0.4, -0.2) is 12.0 Å². The highest BCUT2D eigenvalue weighted by Gasteiger charge is 2.12. The van der Waals surface area contributed by atoms with Crippen molar-refractivity contribution in [2.24, 2.45) is 5.84 Å². The lowest BCUT2D eigenvalue weighted by Gasteiger charge is -2.12. The first-order valence-corrected chi connectivity index (χ1v) is 4.37. The van der Waals surface area contributed by atoms with Gasteiger partial charge in [-0.25, -0.2) is 5.84 Å². The smallest absolute Gasteiger partial charge is 0.274 e. The van der Waals surface area contributed by atoms with E-state index in [-0.39, 0.29) is 5.91 Å². The summed E-state index contributed by atoms with van der Waals surface area (Å²) in [6, 6.07) is 7.49. The molecule has 0 spiro atoms. The second-order valence-electron chi connectivity index (χ2n) is 3.09. The van der Waals surface area contributed by atoms with E-state index >= 15 is 0 Å². The van der Waals surface area contributed by atoms with Crippen molar-refractivity contribution in [1.82, 2.24) is 5.43 Å². The molecule has 14 heavy (non-hydrogen) atoms. The molecule has 4 nitrogen and oxygen atoms in total. The minimum atomic E-state index is -0.582. The normalized spacial score (nSPS) is 11.9. The molecule has 0 aliphatic heterocycles. The molecule has 0 unspecified atom stereocenters. The average molecular weight is 194 g/mol. The number of aryl methyl sites for hydroxylation is 1. The van der Waals surface area contributed by atoms with E-state index in [9.17, 15) is 4.79 Å². The van der Waals surface area contributed by atoms with Crippen LogP contribution in [0.2, 0.25) is 0 Å². The van der Waals surface area contributed by atoms with Crippen molar-refractivity contribution < 1.29 is 9.53 Å². The van der Waals surface area contributed by atoms with E-state index < -0.39 is 6.10 Å². The molecule has 0 aromatic heterocycles. The quantitative estimate of drug-likeness (QED) is 0.424. The summed E-state index contributed by atoms with van der Waals surface area (Å²) in [5.41, 5.74) is 3.12. The van der Waals surface area contributed by atoms with Gasteiger partial charge in [0.05, 0.1) is 0 Å². The standard InChI is InChI=1S/C10H14N2O2/c1-7-4-3-5-9(6-7)14-8(2)10(13)12-11/h3-6,8H,11H2,1-2H3,(H,12,13)/t8-/m1/s1. The second-order valence-corrected chi connectivity index (χ2v) is 3.09. The monoisotopic (exact) mass is 194 g/mol. The summed E-state index contributed by atoms with van der Waals surface area (Å²) in [6.45, 7) is 3.60. The van der Waals surface area contributed by atoms with E-state index in [0.29, 0.717) is 5.75 Å². The van der Waals surface area contributed by atoms with Gasteiger partial charge in [0.25, 0.3) is 5.91 Å². The van der Waals surface area contributed by atoms with Crippen molar-refractivity contribution in [3.8, 4) is 5.75 Å². The van der Waals surface area contributed by atoms with Crippen LogP contribution in [0.15, 0.2) is 24.3 Å². The van der Waals surface area contributed by atoms with Crippen LogP contribution in [0.25, 0.3) is 0 Å². The summed E-state index contributed by atoms with van der Waals surface area (Å²) < 4.78 is 5.36. The zero-order chi connectivity index (χ0) is 10.6. The van der Waals surface area contributed by atoms with E-state index in [1.54, 1.807) is 13.0 Å². The van der Waals surface area contributed by atoms with Gasteiger partial charge in [-0.1, -0.05) is 12.1 Å². The molecule has 76 valence electrons. The predicted molar refractivity (Wildman–Crippen MR) is 53.6 cm³/mol. The maximum absolute atomic E-state index is 11.0. The van der Waals surface area contributed by atoms with Crippen molar-refractivity contribution >= 4 is 5.91 Å². The van der Waals surface area contributed by atoms with Crippen LogP contribution < -0.4 is 16.0 Å². The largest absolute Gasteiger partial charge is 0.481 e. The van der Waals surface area contributed by atoms with Crippen LogP contribution in [-0.2, 0) is 4.79 Å². The first-order valence-electron chi connectivity index (χ1n) is 4.37. The molecule has 0 fully saturated rings. The zero-order valence-corrected chi connectivity index (χ0v) is 8.28. The highest BCUT2D eigenvalue weighted by molar-refractivity contribution is 5.80. The number of hydrazine groups is 1. The number of hydrogen-bond donors (Lipinski definition) is 2. The molecule has 4 heteroatoms. The summed E-state index contributed by atoms with van der Waals surface area (Å²) in [7, 11) is 0. The molecule has 0 radical (unpaired) electrons. The lowest BCUT2D eigenvalue weighted by Crippen LogP contribution is -2.40. The van der Waals surface area contributed by atoms with Crippen LogP contribution in [0, 0.1) is 6.92 Å². The lowest BCUT2D eigenvalue weighted by atomic mass is 10.2. The summed E-state index contributed by atoms with van der Waals surface area (Å²) >= 11 is 0. The van der Waals surface area contributed by atoms with E-state index in [4.69, 9.17) is 10.6 Å². The number of carbonyl (C=O) groups is 1. The number of nitrogens with one attached hydrogen (secondary N) is 1. The van der Waals surface area contributed by atoms with Crippen molar-refractivity contribution in [2.45, 2.75) is 20.0 Å². The van der Waals surface area contributed by atoms with Crippen molar-refractivity contribution in [3.63, 3.8) is 0 Å². The van der Waals surface area contributed by atoms with Crippen LogP contribution >= 0.6 is 0 Å². The van der Waals surface area contributed by atoms with Gasteiger partial charge >= 0.3 is 0 Å². The molecule has 0 heterocycles. The Morgan fingerprint density at radius 2 is 2.29 bits per heavy atom. The van der Waals surface area contributed by atoms with Gasteiger partial charge in [-0.15, -0.1) is 0 Å². The molecule has 0 aliphatic carbocycles. The number of nitrogens with two attached hydrogens (primary N) is 1. The third-order valence-electron chi connectivity index (χ3n) is 1.81. The highest BCUT2D eigenvalue weighted by atomic mass is 16.5. The van der Waals surface area contributed by atoms with Crippen molar-refractivity contribution in [2.75, 3.05) is 0 Å². The number of hydrogen-bond acceptors (Lipinski definition) is 3. The molecule has 1 amide bonds. The van der Waals surface area contributed by atoms with E-state index in [1.165, 1.54) is 0 Å². The Kier molecular flexibility index (Phi) is 3.48. The number of rotatable bonds is 3. The van der Waals surface area contributed by atoms with Crippen LogP contribution in [0.1, 0.15) is 12.5 Å². The molecular weight excluding hydrogens is 180 g/mol. The Bertz CT molecular complexity index is 326. The molecule has 1 atom stereocenters. The van der Waals surface area contributed by atoms with Crippen LogP contribution in [0.4, 0.5) is 0 Å². The van der Waals surface area contributed by atoms with Crippen LogP contribution in [0.5, 0.6) is 5.75 Å². The Hall–Kier alpha value is -1.55. The van der Waals surface area contributed by atoms with E-state index in [2.05, 4.69) is 0 Å². The average Bonchev–Trinajstić information content (AvgIpc) is 2.16. The Labute approximate surface area is 83.0 Å². The van der Waals surface area contributed by atoms with Gasteiger partial charge < -0.3 is 4.74 Å². The Morgan fingerprint density at radius 3 is 2.86 bits per heavy atom. The molecule has 3 N–H and O–H groups in total. The predicted octanol–water partition coefficient (Wildman–Crippen LogP) is 0.752. The molecular formula is C10H14N2O2. The number of ether oxygens (including phenoxy) is 1. The molecule has 0 aliphatic rings. The van der Waals surface area contributed by atoms with Gasteiger partial charge in [0.2, 0.25) is 0 Å². The summed E-state index contributed by atoms with van der Waals surface area (Å²) in [6.07, 6.45) is -0.582. The summed E-state index contributed by atoms with van der Waals surface area (Å²) in [5, 5.41) is 0. The van der Waals surface area contributed by atoms with Crippen LogP contribution in [0.3, 0.4) is 0 Å². The third kappa shape index (κ3) is 2.74. The first-order chi connectivity index (χ1) is 6.63. The molecule has 0 saturated carbocycles.